The Balaban J connectivity index is 1.90. The lowest BCUT2D eigenvalue weighted by Crippen LogP contribution is -2.28. The molecule has 0 spiro atoms. The van der Waals surface area contributed by atoms with Crippen LogP contribution in [0.2, 0.25) is 0 Å². The van der Waals surface area contributed by atoms with E-state index in [0.717, 1.165) is 22.7 Å². The van der Waals surface area contributed by atoms with E-state index in [1.54, 1.807) is 0 Å². The van der Waals surface area contributed by atoms with Crippen molar-refractivity contribution in [2.24, 2.45) is 5.73 Å². The quantitative estimate of drug-likeness (QED) is 0.779. The Kier molecular flexibility index (Phi) is 3.67. The molecule has 108 valence electrons. The van der Waals surface area contributed by atoms with E-state index in [0.29, 0.717) is 0 Å². The van der Waals surface area contributed by atoms with Gasteiger partial charge in [0, 0.05) is 6.04 Å². The number of rotatable bonds is 4. The van der Waals surface area contributed by atoms with Gasteiger partial charge >= 0.3 is 0 Å². The van der Waals surface area contributed by atoms with Gasteiger partial charge in [0.25, 0.3) is 0 Å². The first-order valence-electron chi connectivity index (χ1n) is 7.11. The summed E-state index contributed by atoms with van der Waals surface area (Å²) in [6, 6.07) is 17.9. The van der Waals surface area contributed by atoms with Gasteiger partial charge in [-0.3, -0.25) is 0 Å². The molecule has 1 heterocycles. The first-order chi connectivity index (χ1) is 10.1. The van der Waals surface area contributed by atoms with Crippen LogP contribution in [-0.4, -0.2) is 6.04 Å². The Labute approximate surface area is 124 Å². The lowest BCUT2D eigenvalue weighted by Gasteiger charge is -2.20. The first-order valence-corrected chi connectivity index (χ1v) is 7.11. The topological polar surface area (TPSA) is 48.4 Å². The van der Waals surface area contributed by atoms with E-state index in [9.17, 15) is 0 Å². The van der Waals surface area contributed by atoms with Gasteiger partial charge in [0.05, 0.1) is 0 Å². The summed E-state index contributed by atoms with van der Waals surface area (Å²) < 4.78 is 11.7. The van der Waals surface area contributed by atoms with Crippen molar-refractivity contribution in [1.29, 1.82) is 0 Å². The number of ether oxygens (including phenoxy) is 1. The molecule has 0 aliphatic rings. The van der Waals surface area contributed by atoms with Crippen molar-refractivity contribution in [1.82, 2.24) is 0 Å². The van der Waals surface area contributed by atoms with Crippen LogP contribution >= 0.6 is 0 Å². The summed E-state index contributed by atoms with van der Waals surface area (Å²) in [5, 5.41) is 2.34. The van der Waals surface area contributed by atoms with E-state index in [-0.39, 0.29) is 12.1 Å². The molecule has 0 saturated carbocycles. The van der Waals surface area contributed by atoms with Crippen molar-refractivity contribution >= 4 is 10.8 Å². The number of furan rings is 1. The van der Waals surface area contributed by atoms with E-state index >= 15 is 0 Å². The lowest BCUT2D eigenvalue weighted by molar-refractivity contribution is 0.152. The van der Waals surface area contributed by atoms with Gasteiger partial charge in [0.2, 0.25) is 0 Å². The molecule has 1 aromatic heterocycles. The minimum Gasteiger partial charge on any atom is -0.481 e. The zero-order valence-electron chi connectivity index (χ0n) is 12.2. The molecule has 0 fully saturated rings. The van der Waals surface area contributed by atoms with Crippen LogP contribution in [0.4, 0.5) is 0 Å². The van der Waals surface area contributed by atoms with Crippen molar-refractivity contribution < 1.29 is 9.15 Å². The molecule has 3 aromatic rings. The molecule has 0 aliphatic heterocycles. The minimum absolute atomic E-state index is 0.165. The van der Waals surface area contributed by atoms with Crippen LogP contribution in [-0.2, 0) is 0 Å². The highest BCUT2D eigenvalue weighted by atomic mass is 16.5. The summed E-state index contributed by atoms with van der Waals surface area (Å²) in [5.74, 6) is 2.42. The van der Waals surface area contributed by atoms with Crippen LogP contribution < -0.4 is 10.5 Å². The maximum Gasteiger partial charge on any atom is 0.171 e. The predicted molar refractivity (Wildman–Crippen MR) is 84.4 cm³/mol. The van der Waals surface area contributed by atoms with Gasteiger partial charge in [-0.1, -0.05) is 30.3 Å². The molecule has 21 heavy (non-hydrogen) atoms. The molecule has 2 unspecified atom stereocenters. The Morgan fingerprint density at radius 1 is 1.00 bits per heavy atom. The van der Waals surface area contributed by atoms with Crippen LogP contribution in [0.3, 0.4) is 0 Å². The summed E-state index contributed by atoms with van der Waals surface area (Å²) in [7, 11) is 0. The van der Waals surface area contributed by atoms with Crippen LogP contribution in [0, 0.1) is 6.92 Å². The zero-order chi connectivity index (χ0) is 14.8. The maximum absolute atomic E-state index is 6.06. The Morgan fingerprint density at radius 3 is 2.43 bits per heavy atom. The third-order valence-electron chi connectivity index (χ3n) is 3.50. The fraction of sp³-hybridized carbons (Fsp3) is 0.222. The number of aryl methyl sites for hydroxylation is 1. The van der Waals surface area contributed by atoms with Crippen molar-refractivity contribution in [3.05, 3.63) is 66.1 Å². The van der Waals surface area contributed by atoms with Crippen molar-refractivity contribution in [2.45, 2.75) is 26.0 Å². The highest BCUT2D eigenvalue weighted by Crippen LogP contribution is 2.28. The molecule has 3 nitrogen and oxygen atoms in total. The fourth-order valence-electron chi connectivity index (χ4n) is 2.42. The third-order valence-corrected chi connectivity index (χ3v) is 3.50. The van der Waals surface area contributed by atoms with Gasteiger partial charge in [-0.15, -0.1) is 0 Å². The summed E-state index contributed by atoms with van der Waals surface area (Å²) in [5.41, 5.74) is 6.05. The number of hydrogen-bond donors (Lipinski definition) is 1. The average Bonchev–Trinajstić information content (AvgIpc) is 2.90. The smallest absolute Gasteiger partial charge is 0.171 e. The van der Waals surface area contributed by atoms with E-state index in [1.165, 1.54) is 5.39 Å². The molecule has 2 N–H and O–H groups in total. The fourth-order valence-corrected chi connectivity index (χ4v) is 2.42. The number of hydrogen-bond acceptors (Lipinski definition) is 3. The van der Waals surface area contributed by atoms with Crippen LogP contribution in [0.5, 0.6) is 5.75 Å². The van der Waals surface area contributed by atoms with Crippen LogP contribution in [0.25, 0.3) is 10.8 Å². The molecule has 0 radical (unpaired) electrons. The van der Waals surface area contributed by atoms with Crippen LogP contribution in [0.1, 0.15) is 24.5 Å². The summed E-state index contributed by atoms with van der Waals surface area (Å²) in [6.07, 6.45) is -0.292. The van der Waals surface area contributed by atoms with Gasteiger partial charge in [0.1, 0.15) is 17.3 Å². The lowest BCUT2D eigenvalue weighted by atomic mass is 10.1. The molecule has 0 bridgehead atoms. The number of nitrogens with two attached hydrogens (primary N) is 1. The highest BCUT2D eigenvalue weighted by Gasteiger charge is 2.21. The second kappa shape index (κ2) is 5.62. The largest absolute Gasteiger partial charge is 0.481 e. The summed E-state index contributed by atoms with van der Waals surface area (Å²) in [4.78, 5) is 0. The molecule has 0 amide bonds. The maximum atomic E-state index is 6.06. The second-order valence-corrected chi connectivity index (χ2v) is 5.35. The van der Waals surface area contributed by atoms with Gasteiger partial charge < -0.3 is 14.9 Å². The van der Waals surface area contributed by atoms with Gasteiger partial charge in [0.15, 0.2) is 6.10 Å². The van der Waals surface area contributed by atoms with Gasteiger partial charge in [-0.05, 0) is 48.9 Å². The Hall–Kier alpha value is -2.26. The van der Waals surface area contributed by atoms with E-state index < -0.39 is 0 Å². The second-order valence-electron chi connectivity index (χ2n) is 5.35. The molecule has 2 aromatic carbocycles. The highest BCUT2D eigenvalue weighted by molar-refractivity contribution is 5.83. The molecule has 3 heteroatoms. The van der Waals surface area contributed by atoms with E-state index in [2.05, 4.69) is 18.2 Å². The molecular weight excluding hydrogens is 262 g/mol. The van der Waals surface area contributed by atoms with Crippen molar-refractivity contribution in [3.8, 4) is 5.75 Å². The number of benzene rings is 2. The van der Waals surface area contributed by atoms with Gasteiger partial charge in [-0.25, -0.2) is 0 Å². The Bertz CT molecular complexity index is 746. The standard InChI is InChI=1S/C18H19NO2/c1-12-7-10-17(20-12)18(13(2)19)21-16-9-8-14-5-3-4-6-15(14)11-16/h3-11,13,18H,19H2,1-2H3. The summed E-state index contributed by atoms with van der Waals surface area (Å²) in [6.45, 7) is 3.83. The zero-order valence-corrected chi connectivity index (χ0v) is 12.2. The van der Waals surface area contributed by atoms with E-state index in [4.69, 9.17) is 14.9 Å². The van der Waals surface area contributed by atoms with Gasteiger partial charge in [-0.2, -0.15) is 0 Å². The predicted octanol–water partition coefficient (Wildman–Crippen LogP) is 4.21. The monoisotopic (exact) mass is 281 g/mol. The van der Waals surface area contributed by atoms with E-state index in [1.807, 2.05) is 50.2 Å². The molecular formula is C18H19NO2. The third kappa shape index (κ3) is 2.93. The summed E-state index contributed by atoms with van der Waals surface area (Å²) >= 11 is 0. The van der Waals surface area contributed by atoms with Crippen molar-refractivity contribution in [3.63, 3.8) is 0 Å². The van der Waals surface area contributed by atoms with Crippen LogP contribution in [0.15, 0.2) is 59.0 Å². The molecule has 2 atom stereocenters. The minimum atomic E-state index is -0.292. The normalized spacial score (nSPS) is 14.0. The SMILES string of the molecule is Cc1ccc(C(Oc2ccc3ccccc3c2)C(C)N)o1. The first kappa shape index (κ1) is 13.7. The van der Waals surface area contributed by atoms with Crippen molar-refractivity contribution in [2.75, 3.05) is 0 Å². The molecule has 0 saturated heterocycles. The average molecular weight is 281 g/mol. The molecule has 3 rings (SSSR count). The molecule has 0 aliphatic carbocycles. The number of fused-ring (bicyclic) bond motifs is 1. The Morgan fingerprint density at radius 2 is 1.76 bits per heavy atom.